The molecule has 0 bridgehead atoms. The van der Waals surface area contributed by atoms with Crippen LogP contribution in [0.15, 0.2) is 0 Å². The summed E-state index contributed by atoms with van der Waals surface area (Å²) in [6.45, 7) is 6.25. The van der Waals surface area contributed by atoms with Crippen molar-refractivity contribution >= 4 is 34.2 Å². The minimum atomic E-state index is -0.399. The lowest BCUT2D eigenvalue weighted by Crippen LogP contribution is -2.18. The summed E-state index contributed by atoms with van der Waals surface area (Å²) < 4.78 is 10.0. The Bertz CT molecular complexity index is 667. The van der Waals surface area contributed by atoms with Crippen molar-refractivity contribution in [3.05, 3.63) is 16.0 Å². The summed E-state index contributed by atoms with van der Waals surface area (Å²) in [5, 5.41) is 3.35. The standard InChI is InChI=1S/C19H27NO5S/c1-4-12-7-8-13-14(11-12)26-18(17(13)19(23)25-6-3)20-15(21)9-10-16(22)24-5-2/h12H,4-11H2,1-3H3,(H,20,21). The maximum Gasteiger partial charge on any atom is 0.341 e. The van der Waals surface area contributed by atoms with Gasteiger partial charge in [-0.25, -0.2) is 4.79 Å². The molecular weight excluding hydrogens is 354 g/mol. The smallest absolute Gasteiger partial charge is 0.341 e. The lowest BCUT2D eigenvalue weighted by atomic mass is 9.85. The average molecular weight is 381 g/mol. The number of amides is 1. The molecule has 144 valence electrons. The van der Waals surface area contributed by atoms with E-state index in [2.05, 4.69) is 12.2 Å². The lowest BCUT2D eigenvalue weighted by molar-refractivity contribution is -0.144. The third-order valence-corrected chi connectivity index (χ3v) is 5.71. The van der Waals surface area contributed by atoms with Crippen LogP contribution >= 0.6 is 11.3 Å². The number of carbonyl (C=O) groups is 3. The van der Waals surface area contributed by atoms with E-state index in [1.165, 1.54) is 11.3 Å². The number of rotatable bonds is 8. The number of anilines is 1. The van der Waals surface area contributed by atoms with E-state index in [4.69, 9.17) is 9.47 Å². The zero-order chi connectivity index (χ0) is 19.1. The minimum Gasteiger partial charge on any atom is -0.466 e. The highest BCUT2D eigenvalue weighted by molar-refractivity contribution is 7.17. The molecule has 0 radical (unpaired) electrons. The van der Waals surface area contributed by atoms with Crippen molar-refractivity contribution in [2.75, 3.05) is 18.5 Å². The highest BCUT2D eigenvalue weighted by Gasteiger charge is 2.29. The Labute approximate surface area is 158 Å². The molecule has 0 saturated carbocycles. The van der Waals surface area contributed by atoms with Crippen LogP contribution in [0.25, 0.3) is 0 Å². The minimum absolute atomic E-state index is 0.0252. The predicted molar refractivity (Wildman–Crippen MR) is 101 cm³/mol. The quantitative estimate of drug-likeness (QED) is 0.694. The van der Waals surface area contributed by atoms with E-state index in [0.717, 1.165) is 36.1 Å². The molecule has 1 aromatic heterocycles. The van der Waals surface area contributed by atoms with Gasteiger partial charge < -0.3 is 14.8 Å². The summed E-state index contributed by atoms with van der Waals surface area (Å²) in [5.41, 5.74) is 1.50. The molecule has 0 aromatic carbocycles. The van der Waals surface area contributed by atoms with Gasteiger partial charge in [-0.3, -0.25) is 9.59 Å². The normalized spacial score (nSPS) is 15.9. The van der Waals surface area contributed by atoms with Crippen LogP contribution < -0.4 is 5.32 Å². The second kappa shape index (κ2) is 9.71. The van der Waals surface area contributed by atoms with Crippen LogP contribution in [0, 0.1) is 5.92 Å². The second-order valence-corrected chi connectivity index (χ2v) is 7.40. The Morgan fingerprint density at radius 1 is 1.12 bits per heavy atom. The Balaban J connectivity index is 2.16. The molecular formula is C19H27NO5S. The first-order chi connectivity index (χ1) is 12.5. The number of hydrogen-bond donors (Lipinski definition) is 1. The SMILES string of the molecule is CCOC(=O)CCC(=O)Nc1sc2c(c1C(=O)OCC)CCC(CC)C2. The summed E-state index contributed by atoms with van der Waals surface area (Å²) in [4.78, 5) is 37.2. The fraction of sp³-hybridized carbons (Fsp3) is 0.632. The first-order valence-electron chi connectivity index (χ1n) is 9.27. The molecule has 1 unspecified atom stereocenters. The maximum absolute atomic E-state index is 12.4. The van der Waals surface area contributed by atoms with Crippen LogP contribution in [-0.2, 0) is 31.9 Å². The Morgan fingerprint density at radius 2 is 1.85 bits per heavy atom. The molecule has 2 rings (SSSR count). The fourth-order valence-corrected chi connectivity index (χ4v) is 4.51. The van der Waals surface area contributed by atoms with Crippen molar-refractivity contribution in [1.82, 2.24) is 0 Å². The van der Waals surface area contributed by atoms with Gasteiger partial charge in [0.15, 0.2) is 0 Å². The largest absolute Gasteiger partial charge is 0.466 e. The Morgan fingerprint density at radius 3 is 2.50 bits per heavy atom. The summed E-state index contributed by atoms with van der Waals surface area (Å²) >= 11 is 1.46. The van der Waals surface area contributed by atoms with E-state index in [0.29, 0.717) is 23.1 Å². The number of thiophene rings is 1. The van der Waals surface area contributed by atoms with Gasteiger partial charge in [-0.05, 0) is 44.6 Å². The molecule has 1 heterocycles. The second-order valence-electron chi connectivity index (χ2n) is 6.30. The van der Waals surface area contributed by atoms with E-state index >= 15 is 0 Å². The molecule has 26 heavy (non-hydrogen) atoms. The first-order valence-corrected chi connectivity index (χ1v) is 10.1. The van der Waals surface area contributed by atoms with Crippen molar-refractivity contribution < 1.29 is 23.9 Å². The summed E-state index contributed by atoms with van der Waals surface area (Å²) in [7, 11) is 0. The first kappa shape index (κ1) is 20.4. The van der Waals surface area contributed by atoms with Gasteiger partial charge in [0, 0.05) is 11.3 Å². The van der Waals surface area contributed by atoms with Gasteiger partial charge in [0.05, 0.1) is 25.2 Å². The summed E-state index contributed by atoms with van der Waals surface area (Å²) in [6, 6.07) is 0. The number of carbonyl (C=O) groups excluding carboxylic acids is 3. The van der Waals surface area contributed by atoms with E-state index in [9.17, 15) is 14.4 Å². The van der Waals surface area contributed by atoms with E-state index in [1.807, 2.05) is 0 Å². The molecule has 0 aliphatic heterocycles. The molecule has 0 spiro atoms. The third-order valence-electron chi connectivity index (χ3n) is 4.54. The van der Waals surface area contributed by atoms with Crippen molar-refractivity contribution in [1.29, 1.82) is 0 Å². The molecule has 6 nitrogen and oxygen atoms in total. The van der Waals surface area contributed by atoms with Crippen molar-refractivity contribution in [2.24, 2.45) is 5.92 Å². The summed E-state index contributed by atoms with van der Waals surface area (Å²) in [6.07, 6.45) is 3.97. The van der Waals surface area contributed by atoms with Gasteiger partial charge in [-0.1, -0.05) is 13.3 Å². The molecule has 1 N–H and O–H groups in total. The number of ether oxygens (including phenoxy) is 2. The fourth-order valence-electron chi connectivity index (χ4n) is 3.15. The number of fused-ring (bicyclic) bond motifs is 1. The molecule has 0 saturated heterocycles. The van der Waals surface area contributed by atoms with Gasteiger partial charge in [0.25, 0.3) is 0 Å². The Kier molecular flexibility index (Phi) is 7.63. The van der Waals surface area contributed by atoms with Crippen LogP contribution in [0.2, 0.25) is 0 Å². The van der Waals surface area contributed by atoms with Crippen molar-refractivity contribution in [2.45, 2.75) is 59.3 Å². The predicted octanol–water partition coefficient (Wildman–Crippen LogP) is 3.72. The van der Waals surface area contributed by atoms with Gasteiger partial charge in [0.2, 0.25) is 5.91 Å². The van der Waals surface area contributed by atoms with Crippen LogP contribution in [0.3, 0.4) is 0 Å². The molecule has 7 heteroatoms. The number of esters is 2. The van der Waals surface area contributed by atoms with Crippen molar-refractivity contribution in [3.8, 4) is 0 Å². The van der Waals surface area contributed by atoms with Crippen molar-refractivity contribution in [3.63, 3.8) is 0 Å². The third kappa shape index (κ3) is 5.06. The van der Waals surface area contributed by atoms with Gasteiger partial charge in [-0.15, -0.1) is 11.3 Å². The van der Waals surface area contributed by atoms with Gasteiger partial charge in [-0.2, -0.15) is 0 Å². The lowest BCUT2D eigenvalue weighted by Gasteiger charge is -2.20. The van der Waals surface area contributed by atoms with Crippen LogP contribution in [0.4, 0.5) is 5.00 Å². The monoisotopic (exact) mass is 381 g/mol. The summed E-state index contributed by atoms with van der Waals surface area (Å²) in [5.74, 6) is -0.469. The number of nitrogens with one attached hydrogen (secondary N) is 1. The highest BCUT2D eigenvalue weighted by atomic mass is 32.1. The molecule has 1 aliphatic rings. The van der Waals surface area contributed by atoms with E-state index in [1.54, 1.807) is 13.8 Å². The van der Waals surface area contributed by atoms with Gasteiger partial charge >= 0.3 is 11.9 Å². The maximum atomic E-state index is 12.4. The molecule has 1 atom stereocenters. The number of hydrogen-bond acceptors (Lipinski definition) is 6. The molecule has 1 aromatic rings. The molecule has 0 fully saturated rings. The van der Waals surface area contributed by atoms with Crippen LogP contribution in [0.5, 0.6) is 0 Å². The molecule has 1 aliphatic carbocycles. The highest BCUT2D eigenvalue weighted by Crippen LogP contribution is 2.40. The van der Waals surface area contributed by atoms with Crippen LogP contribution in [0.1, 0.15) is 67.3 Å². The molecule has 1 amide bonds. The Hall–Kier alpha value is -1.89. The van der Waals surface area contributed by atoms with E-state index in [-0.39, 0.29) is 31.3 Å². The topological polar surface area (TPSA) is 81.7 Å². The van der Waals surface area contributed by atoms with E-state index < -0.39 is 5.97 Å². The average Bonchev–Trinajstić information content (AvgIpc) is 2.97. The van der Waals surface area contributed by atoms with Gasteiger partial charge in [0.1, 0.15) is 5.00 Å². The zero-order valence-electron chi connectivity index (χ0n) is 15.7. The van der Waals surface area contributed by atoms with Crippen LogP contribution in [-0.4, -0.2) is 31.1 Å². The zero-order valence-corrected chi connectivity index (χ0v) is 16.5.